The summed E-state index contributed by atoms with van der Waals surface area (Å²) in [6.07, 6.45) is 8.02. The zero-order chi connectivity index (χ0) is 15.5. The number of aryl methyl sites for hydroxylation is 1. The fourth-order valence-corrected chi connectivity index (χ4v) is 3.72. The lowest BCUT2D eigenvalue weighted by atomic mass is 9.97. The normalized spacial score (nSPS) is 21.1. The van der Waals surface area contributed by atoms with E-state index in [9.17, 15) is 0 Å². The van der Waals surface area contributed by atoms with Crippen LogP contribution in [0.4, 0.5) is 5.82 Å². The van der Waals surface area contributed by atoms with Crippen molar-refractivity contribution in [3.63, 3.8) is 0 Å². The van der Waals surface area contributed by atoms with Crippen molar-refractivity contribution in [1.29, 1.82) is 0 Å². The minimum Gasteiger partial charge on any atom is -0.389 e. The second kappa shape index (κ2) is 6.69. The van der Waals surface area contributed by atoms with Crippen LogP contribution < -0.4 is 11.1 Å². The fraction of sp³-hybridized carbons (Fsp3) is 0.389. The molecule has 3 N–H and O–H groups in total. The minimum absolute atomic E-state index is 0.554. The van der Waals surface area contributed by atoms with E-state index in [1.807, 2.05) is 12.3 Å². The van der Waals surface area contributed by atoms with Gasteiger partial charge in [-0.15, -0.1) is 0 Å². The molecule has 3 rings (SSSR count). The van der Waals surface area contributed by atoms with Gasteiger partial charge in [-0.1, -0.05) is 18.7 Å². The van der Waals surface area contributed by atoms with Crippen LogP contribution in [0.3, 0.4) is 0 Å². The quantitative estimate of drug-likeness (QED) is 0.830. The molecule has 0 saturated heterocycles. The van der Waals surface area contributed by atoms with Crippen molar-refractivity contribution in [3.05, 3.63) is 47.1 Å². The summed E-state index contributed by atoms with van der Waals surface area (Å²) in [6, 6.07) is 9.17. The summed E-state index contributed by atoms with van der Waals surface area (Å²) in [6.45, 7) is 3.75. The van der Waals surface area contributed by atoms with Crippen LogP contribution in [-0.2, 0) is 6.42 Å². The van der Waals surface area contributed by atoms with Gasteiger partial charge in [-0.2, -0.15) is 0 Å². The van der Waals surface area contributed by atoms with Crippen molar-refractivity contribution < 1.29 is 0 Å². The van der Waals surface area contributed by atoms with E-state index in [1.54, 1.807) is 0 Å². The third-order valence-corrected chi connectivity index (χ3v) is 5.23. The van der Waals surface area contributed by atoms with Crippen molar-refractivity contribution >= 4 is 32.7 Å². The fourth-order valence-electron chi connectivity index (χ4n) is 3.38. The Kier molecular flexibility index (Phi) is 4.67. The summed E-state index contributed by atoms with van der Waals surface area (Å²) >= 11 is 3.43. The van der Waals surface area contributed by atoms with Crippen LogP contribution >= 0.6 is 15.9 Å². The number of aromatic nitrogens is 1. The molecule has 0 spiro atoms. The maximum atomic E-state index is 5.88. The Hall–Kier alpha value is -1.55. The standard InChI is InChI=1S/C18H22BrN3/c1-2-21-15-8-6-12(9-15)3-4-13-5-7-14-11-16(19)18(20)22-17(14)10-13/h2,5,7,10-12,15,21H,1,3-4,6,8-9H2,(H2,20,22). The number of benzene rings is 1. The van der Waals surface area contributed by atoms with Gasteiger partial charge in [-0.05, 0) is 77.8 Å². The number of rotatable bonds is 5. The van der Waals surface area contributed by atoms with Crippen molar-refractivity contribution in [2.24, 2.45) is 5.92 Å². The van der Waals surface area contributed by atoms with Crippen molar-refractivity contribution in [2.45, 2.75) is 38.1 Å². The Balaban J connectivity index is 1.65. The van der Waals surface area contributed by atoms with E-state index in [2.05, 4.69) is 51.0 Å². The molecule has 1 aliphatic rings. The highest BCUT2D eigenvalue weighted by atomic mass is 79.9. The monoisotopic (exact) mass is 359 g/mol. The van der Waals surface area contributed by atoms with Gasteiger partial charge in [0.1, 0.15) is 5.82 Å². The lowest BCUT2D eigenvalue weighted by Gasteiger charge is -2.12. The van der Waals surface area contributed by atoms with Crippen molar-refractivity contribution in [3.8, 4) is 0 Å². The number of pyridine rings is 1. The maximum absolute atomic E-state index is 5.88. The van der Waals surface area contributed by atoms with E-state index in [0.717, 1.165) is 27.7 Å². The van der Waals surface area contributed by atoms with Crippen LogP contribution in [0.1, 0.15) is 31.2 Å². The highest BCUT2D eigenvalue weighted by Crippen LogP contribution is 2.30. The lowest BCUT2D eigenvalue weighted by molar-refractivity contribution is 0.485. The Morgan fingerprint density at radius 1 is 1.36 bits per heavy atom. The second-order valence-corrected chi connectivity index (χ2v) is 7.02. The number of nitrogens with zero attached hydrogens (tertiary/aromatic N) is 1. The van der Waals surface area contributed by atoms with Gasteiger partial charge in [0, 0.05) is 11.4 Å². The minimum atomic E-state index is 0.554. The molecule has 0 aliphatic heterocycles. The van der Waals surface area contributed by atoms with Crippen LogP contribution in [0.25, 0.3) is 10.9 Å². The molecule has 1 aliphatic carbocycles. The van der Waals surface area contributed by atoms with Gasteiger partial charge in [0.15, 0.2) is 0 Å². The molecular formula is C18H22BrN3. The molecule has 1 heterocycles. The first kappa shape index (κ1) is 15.3. The summed E-state index contributed by atoms with van der Waals surface area (Å²) in [7, 11) is 0. The Morgan fingerprint density at radius 3 is 3.05 bits per heavy atom. The zero-order valence-electron chi connectivity index (χ0n) is 12.7. The first-order valence-corrected chi connectivity index (χ1v) is 8.66. The van der Waals surface area contributed by atoms with E-state index in [1.165, 1.54) is 31.2 Å². The van der Waals surface area contributed by atoms with Gasteiger partial charge < -0.3 is 11.1 Å². The molecule has 1 aromatic carbocycles. The number of nitrogens with two attached hydrogens (primary N) is 1. The number of halogens is 1. The average Bonchev–Trinajstić information content (AvgIpc) is 2.94. The second-order valence-electron chi connectivity index (χ2n) is 6.17. The van der Waals surface area contributed by atoms with Gasteiger partial charge in [-0.25, -0.2) is 4.98 Å². The summed E-state index contributed by atoms with van der Waals surface area (Å²) in [5, 5.41) is 4.47. The summed E-state index contributed by atoms with van der Waals surface area (Å²) in [5.41, 5.74) is 8.21. The Morgan fingerprint density at radius 2 is 2.23 bits per heavy atom. The van der Waals surface area contributed by atoms with E-state index in [4.69, 9.17) is 5.73 Å². The van der Waals surface area contributed by atoms with Crippen molar-refractivity contribution in [2.75, 3.05) is 5.73 Å². The first-order valence-electron chi connectivity index (χ1n) is 7.87. The lowest BCUT2D eigenvalue weighted by Crippen LogP contribution is -2.20. The highest BCUT2D eigenvalue weighted by molar-refractivity contribution is 9.10. The maximum Gasteiger partial charge on any atom is 0.138 e. The summed E-state index contributed by atoms with van der Waals surface area (Å²) in [4.78, 5) is 4.46. The molecule has 2 atom stereocenters. The number of nitrogens with one attached hydrogen (secondary N) is 1. The summed E-state index contributed by atoms with van der Waals surface area (Å²) < 4.78 is 0.861. The number of hydrogen-bond donors (Lipinski definition) is 2. The number of nitrogen functional groups attached to an aromatic ring is 1. The Labute approximate surface area is 140 Å². The molecule has 1 saturated carbocycles. The predicted octanol–water partition coefficient (Wildman–Crippen LogP) is 4.41. The molecule has 0 amide bonds. The molecule has 3 nitrogen and oxygen atoms in total. The van der Waals surface area contributed by atoms with Crippen LogP contribution in [0.5, 0.6) is 0 Å². The SMILES string of the molecule is C=CNC1CCC(CCc2ccc3cc(Br)c(N)nc3c2)C1. The van der Waals surface area contributed by atoms with E-state index >= 15 is 0 Å². The van der Waals surface area contributed by atoms with Gasteiger partial charge in [0.2, 0.25) is 0 Å². The number of hydrogen-bond acceptors (Lipinski definition) is 3. The van der Waals surface area contributed by atoms with Crippen LogP contribution in [0.15, 0.2) is 41.5 Å². The van der Waals surface area contributed by atoms with Gasteiger partial charge >= 0.3 is 0 Å². The molecule has 1 aromatic heterocycles. The van der Waals surface area contributed by atoms with Gasteiger partial charge in [0.25, 0.3) is 0 Å². The van der Waals surface area contributed by atoms with Gasteiger partial charge in [0.05, 0.1) is 9.99 Å². The molecular weight excluding hydrogens is 338 g/mol. The van der Waals surface area contributed by atoms with Gasteiger partial charge in [-0.3, -0.25) is 0 Å². The van der Waals surface area contributed by atoms with Crippen LogP contribution in [0.2, 0.25) is 0 Å². The largest absolute Gasteiger partial charge is 0.389 e. The topological polar surface area (TPSA) is 50.9 Å². The number of fused-ring (bicyclic) bond motifs is 1. The molecule has 2 unspecified atom stereocenters. The Bertz CT molecular complexity index is 683. The van der Waals surface area contributed by atoms with Crippen LogP contribution in [0, 0.1) is 5.92 Å². The predicted molar refractivity (Wildman–Crippen MR) is 96.6 cm³/mol. The molecule has 0 radical (unpaired) electrons. The van der Waals surface area contributed by atoms with Crippen LogP contribution in [-0.4, -0.2) is 11.0 Å². The summed E-state index contributed by atoms with van der Waals surface area (Å²) in [5.74, 6) is 1.37. The highest BCUT2D eigenvalue weighted by Gasteiger charge is 2.23. The molecule has 0 bridgehead atoms. The molecule has 1 fully saturated rings. The third kappa shape index (κ3) is 3.43. The van der Waals surface area contributed by atoms with E-state index < -0.39 is 0 Å². The smallest absolute Gasteiger partial charge is 0.138 e. The average molecular weight is 360 g/mol. The molecule has 4 heteroatoms. The number of anilines is 1. The van der Waals surface area contributed by atoms with Crippen molar-refractivity contribution in [1.82, 2.24) is 10.3 Å². The first-order chi connectivity index (χ1) is 10.7. The third-order valence-electron chi connectivity index (χ3n) is 4.60. The van der Waals surface area contributed by atoms with E-state index in [0.29, 0.717) is 11.9 Å². The zero-order valence-corrected chi connectivity index (χ0v) is 14.3. The molecule has 2 aromatic rings. The molecule has 116 valence electrons. The molecule has 22 heavy (non-hydrogen) atoms. The van der Waals surface area contributed by atoms with E-state index in [-0.39, 0.29) is 0 Å².